The lowest BCUT2D eigenvalue weighted by molar-refractivity contribution is -0.0508. The van der Waals surface area contributed by atoms with Gasteiger partial charge in [-0.25, -0.2) is 0 Å². The fraction of sp³-hybridized carbons (Fsp3) is 0.500. The Kier molecular flexibility index (Phi) is 3.10. The molecular formula is C12H15F2NO. The Balaban J connectivity index is 2.38. The molecule has 0 amide bonds. The molecule has 1 aliphatic heterocycles. The second-order valence-electron chi connectivity index (χ2n) is 4.20. The van der Waals surface area contributed by atoms with Gasteiger partial charge in [0.1, 0.15) is 5.75 Å². The van der Waals surface area contributed by atoms with Crippen LogP contribution in [0.3, 0.4) is 0 Å². The topological polar surface area (TPSA) is 21.3 Å². The molecule has 16 heavy (non-hydrogen) atoms. The quantitative estimate of drug-likeness (QED) is 0.838. The maximum absolute atomic E-state index is 12.3. The lowest BCUT2D eigenvalue weighted by atomic mass is 9.91. The Hall–Kier alpha value is -1.16. The minimum absolute atomic E-state index is 0.0497. The van der Waals surface area contributed by atoms with Gasteiger partial charge in [-0.05, 0) is 31.9 Å². The van der Waals surface area contributed by atoms with Crippen molar-refractivity contribution >= 4 is 0 Å². The molecule has 4 heteroatoms. The van der Waals surface area contributed by atoms with Crippen LogP contribution in [0.1, 0.15) is 31.0 Å². The van der Waals surface area contributed by atoms with Gasteiger partial charge >= 0.3 is 6.61 Å². The van der Waals surface area contributed by atoms with E-state index in [1.54, 1.807) is 12.1 Å². The number of ether oxygens (including phenoxy) is 1. The van der Waals surface area contributed by atoms with Crippen LogP contribution in [0.25, 0.3) is 0 Å². The average Bonchev–Trinajstić information content (AvgIpc) is 2.15. The van der Waals surface area contributed by atoms with Gasteiger partial charge in [0, 0.05) is 17.6 Å². The lowest BCUT2D eigenvalue weighted by Gasteiger charge is -2.30. The Morgan fingerprint density at radius 2 is 2.12 bits per heavy atom. The predicted octanol–water partition coefficient (Wildman–Crippen LogP) is 2.88. The SMILES string of the molecule is CC1Cc2cccc(OC(F)F)c2C(C)N1. The first-order valence-corrected chi connectivity index (χ1v) is 5.40. The summed E-state index contributed by atoms with van der Waals surface area (Å²) in [5, 5.41) is 3.32. The first kappa shape index (κ1) is 11.3. The summed E-state index contributed by atoms with van der Waals surface area (Å²) in [4.78, 5) is 0. The molecule has 2 nitrogen and oxygen atoms in total. The van der Waals surface area contributed by atoms with Crippen LogP contribution in [-0.4, -0.2) is 12.7 Å². The average molecular weight is 227 g/mol. The minimum atomic E-state index is -2.77. The van der Waals surface area contributed by atoms with Gasteiger partial charge < -0.3 is 10.1 Å². The van der Waals surface area contributed by atoms with E-state index in [0.717, 1.165) is 17.5 Å². The number of hydrogen-bond donors (Lipinski definition) is 1. The molecule has 1 aromatic rings. The van der Waals surface area contributed by atoms with Gasteiger partial charge in [-0.15, -0.1) is 0 Å². The Morgan fingerprint density at radius 3 is 2.81 bits per heavy atom. The van der Waals surface area contributed by atoms with Crippen LogP contribution in [0.15, 0.2) is 18.2 Å². The maximum atomic E-state index is 12.3. The normalized spacial score (nSPS) is 24.3. The molecule has 1 heterocycles. The van der Waals surface area contributed by atoms with Gasteiger partial charge in [-0.3, -0.25) is 0 Å². The smallest absolute Gasteiger partial charge is 0.387 e. The Bertz CT molecular complexity index is 381. The number of hydrogen-bond acceptors (Lipinski definition) is 2. The van der Waals surface area contributed by atoms with Crippen molar-refractivity contribution in [2.75, 3.05) is 0 Å². The van der Waals surface area contributed by atoms with Crippen molar-refractivity contribution in [3.05, 3.63) is 29.3 Å². The molecule has 0 fully saturated rings. The summed E-state index contributed by atoms with van der Waals surface area (Å²) in [6.45, 7) is 1.28. The van der Waals surface area contributed by atoms with Crippen molar-refractivity contribution in [2.24, 2.45) is 0 Å². The highest BCUT2D eigenvalue weighted by Crippen LogP contribution is 2.33. The van der Waals surface area contributed by atoms with Crippen LogP contribution in [0.4, 0.5) is 8.78 Å². The molecular weight excluding hydrogens is 212 g/mol. The van der Waals surface area contributed by atoms with E-state index < -0.39 is 6.61 Å². The monoisotopic (exact) mass is 227 g/mol. The highest BCUT2D eigenvalue weighted by atomic mass is 19.3. The summed E-state index contributed by atoms with van der Waals surface area (Å²) in [6, 6.07) is 5.75. The second kappa shape index (κ2) is 4.37. The number of rotatable bonds is 2. The molecule has 0 spiro atoms. The van der Waals surface area contributed by atoms with Gasteiger partial charge in [0.05, 0.1) is 0 Å². The van der Waals surface area contributed by atoms with Crippen molar-refractivity contribution in [1.29, 1.82) is 0 Å². The minimum Gasteiger partial charge on any atom is -0.434 e. The first-order chi connectivity index (χ1) is 7.58. The van der Waals surface area contributed by atoms with Gasteiger partial charge in [0.2, 0.25) is 0 Å². The molecule has 0 aliphatic carbocycles. The zero-order valence-corrected chi connectivity index (χ0v) is 9.34. The van der Waals surface area contributed by atoms with Crippen LogP contribution in [-0.2, 0) is 6.42 Å². The molecule has 0 saturated carbocycles. The van der Waals surface area contributed by atoms with E-state index in [9.17, 15) is 8.78 Å². The summed E-state index contributed by atoms with van der Waals surface area (Å²) in [6.07, 6.45) is 0.847. The summed E-state index contributed by atoms with van der Waals surface area (Å²) in [5.41, 5.74) is 1.96. The highest BCUT2D eigenvalue weighted by molar-refractivity contribution is 5.44. The van der Waals surface area contributed by atoms with Crippen molar-refractivity contribution in [1.82, 2.24) is 5.32 Å². The molecule has 2 rings (SSSR count). The van der Waals surface area contributed by atoms with Crippen LogP contribution in [0, 0.1) is 0 Å². The largest absolute Gasteiger partial charge is 0.434 e. The molecule has 2 atom stereocenters. The van der Waals surface area contributed by atoms with Crippen LogP contribution < -0.4 is 10.1 Å². The lowest BCUT2D eigenvalue weighted by Crippen LogP contribution is -2.36. The predicted molar refractivity (Wildman–Crippen MR) is 57.8 cm³/mol. The number of benzene rings is 1. The third-order valence-electron chi connectivity index (χ3n) is 2.87. The van der Waals surface area contributed by atoms with E-state index in [1.807, 2.05) is 13.0 Å². The Morgan fingerprint density at radius 1 is 1.38 bits per heavy atom. The van der Waals surface area contributed by atoms with E-state index in [4.69, 9.17) is 0 Å². The van der Waals surface area contributed by atoms with Crippen molar-refractivity contribution in [3.63, 3.8) is 0 Å². The molecule has 0 bridgehead atoms. The number of fused-ring (bicyclic) bond motifs is 1. The summed E-state index contributed by atoms with van der Waals surface area (Å²) in [7, 11) is 0. The summed E-state index contributed by atoms with van der Waals surface area (Å²) < 4.78 is 29.0. The number of nitrogens with one attached hydrogen (secondary N) is 1. The van der Waals surface area contributed by atoms with E-state index >= 15 is 0 Å². The summed E-state index contributed by atoms with van der Waals surface area (Å²) >= 11 is 0. The van der Waals surface area contributed by atoms with Gasteiger partial charge in [-0.2, -0.15) is 8.78 Å². The maximum Gasteiger partial charge on any atom is 0.387 e. The van der Waals surface area contributed by atoms with E-state index in [-0.39, 0.29) is 6.04 Å². The van der Waals surface area contributed by atoms with E-state index in [2.05, 4.69) is 17.0 Å². The van der Waals surface area contributed by atoms with Gasteiger partial charge in [-0.1, -0.05) is 12.1 Å². The van der Waals surface area contributed by atoms with E-state index in [1.165, 1.54) is 0 Å². The number of alkyl halides is 2. The molecule has 2 unspecified atom stereocenters. The zero-order chi connectivity index (χ0) is 11.7. The van der Waals surface area contributed by atoms with E-state index in [0.29, 0.717) is 11.8 Å². The molecule has 1 N–H and O–H groups in total. The third kappa shape index (κ3) is 2.16. The van der Waals surface area contributed by atoms with Crippen LogP contribution >= 0.6 is 0 Å². The zero-order valence-electron chi connectivity index (χ0n) is 9.34. The highest BCUT2D eigenvalue weighted by Gasteiger charge is 2.24. The van der Waals surface area contributed by atoms with Crippen molar-refractivity contribution < 1.29 is 13.5 Å². The molecule has 1 aliphatic rings. The van der Waals surface area contributed by atoms with Gasteiger partial charge in [0.15, 0.2) is 0 Å². The van der Waals surface area contributed by atoms with Crippen molar-refractivity contribution in [2.45, 2.75) is 39.0 Å². The molecule has 1 aromatic carbocycles. The second-order valence-corrected chi connectivity index (χ2v) is 4.20. The molecule has 0 radical (unpaired) electrons. The standard InChI is InChI=1S/C12H15F2NO/c1-7-6-9-4-3-5-10(16-12(13)14)11(9)8(2)15-7/h3-5,7-8,12,15H,6H2,1-2H3. The molecule has 0 aromatic heterocycles. The van der Waals surface area contributed by atoms with Crippen molar-refractivity contribution in [3.8, 4) is 5.75 Å². The first-order valence-electron chi connectivity index (χ1n) is 5.40. The number of halogens is 2. The van der Waals surface area contributed by atoms with Crippen LogP contribution in [0.5, 0.6) is 5.75 Å². The third-order valence-corrected chi connectivity index (χ3v) is 2.87. The Labute approximate surface area is 93.6 Å². The van der Waals surface area contributed by atoms with Gasteiger partial charge in [0.25, 0.3) is 0 Å². The fourth-order valence-corrected chi connectivity index (χ4v) is 2.36. The fourth-order valence-electron chi connectivity index (χ4n) is 2.36. The van der Waals surface area contributed by atoms with Crippen LogP contribution in [0.2, 0.25) is 0 Å². The molecule has 0 saturated heterocycles. The summed E-state index contributed by atoms with van der Waals surface area (Å²) in [5.74, 6) is 0.291. The molecule has 88 valence electrons.